The van der Waals surface area contributed by atoms with Crippen LogP contribution in [-0.2, 0) is 16.0 Å². The van der Waals surface area contributed by atoms with Gasteiger partial charge in [0.25, 0.3) is 0 Å². The quantitative estimate of drug-likeness (QED) is 0.790. The van der Waals surface area contributed by atoms with E-state index in [0.29, 0.717) is 53.4 Å². The molecule has 0 radical (unpaired) electrons. The number of carbonyl (C=O) groups is 2. The highest BCUT2D eigenvalue weighted by molar-refractivity contribution is 6.35. The normalized spacial score (nSPS) is 17.9. The number of hydrogen-bond donors (Lipinski definition) is 1. The standard InChI is InChI=1S/C21H20Cl2N2O4/c22-14-10-15(23)12-16(11-14)24-21(27)17-2-1-5-25(17)20(26)9-13-3-4-18-19(8-13)29-7-6-28-18/h3-4,8,10-12,17H,1-2,5-7,9H2,(H,24,27). The number of ether oxygens (including phenoxy) is 2. The van der Waals surface area contributed by atoms with E-state index in [9.17, 15) is 9.59 Å². The van der Waals surface area contributed by atoms with Gasteiger partial charge in [0.2, 0.25) is 11.8 Å². The second-order valence-corrected chi connectivity index (χ2v) is 7.92. The molecule has 4 rings (SSSR count). The molecule has 2 aromatic rings. The summed E-state index contributed by atoms with van der Waals surface area (Å²) in [7, 11) is 0. The largest absolute Gasteiger partial charge is 0.486 e. The Morgan fingerprint density at radius 1 is 1.03 bits per heavy atom. The van der Waals surface area contributed by atoms with Crippen molar-refractivity contribution < 1.29 is 19.1 Å². The molecule has 0 bridgehead atoms. The van der Waals surface area contributed by atoms with Crippen molar-refractivity contribution >= 4 is 40.7 Å². The SMILES string of the molecule is O=C(Nc1cc(Cl)cc(Cl)c1)C1CCCN1C(=O)Cc1ccc2c(c1)OCCO2. The summed E-state index contributed by atoms with van der Waals surface area (Å²) >= 11 is 12.0. The molecule has 1 unspecified atom stereocenters. The minimum Gasteiger partial charge on any atom is -0.486 e. The molecule has 1 atom stereocenters. The highest BCUT2D eigenvalue weighted by Crippen LogP contribution is 2.31. The molecule has 2 aromatic carbocycles. The van der Waals surface area contributed by atoms with Crippen molar-refractivity contribution in [2.45, 2.75) is 25.3 Å². The van der Waals surface area contributed by atoms with Gasteiger partial charge in [-0.3, -0.25) is 9.59 Å². The number of fused-ring (bicyclic) bond motifs is 1. The molecule has 2 aliphatic heterocycles. The fraction of sp³-hybridized carbons (Fsp3) is 0.333. The summed E-state index contributed by atoms with van der Waals surface area (Å²) in [4.78, 5) is 27.3. The van der Waals surface area contributed by atoms with Crippen molar-refractivity contribution in [1.82, 2.24) is 4.90 Å². The van der Waals surface area contributed by atoms with Crippen LogP contribution in [0.15, 0.2) is 36.4 Å². The van der Waals surface area contributed by atoms with Crippen LogP contribution in [-0.4, -0.2) is 42.5 Å². The lowest BCUT2D eigenvalue weighted by Crippen LogP contribution is -2.43. The smallest absolute Gasteiger partial charge is 0.247 e. The maximum absolute atomic E-state index is 12.9. The molecular formula is C21H20Cl2N2O4. The molecule has 1 saturated heterocycles. The molecule has 29 heavy (non-hydrogen) atoms. The molecule has 2 heterocycles. The Balaban J connectivity index is 1.43. The van der Waals surface area contributed by atoms with Crippen molar-refractivity contribution in [2.75, 3.05) is 25.1 Å². The van der Waals surface area contributed by atoms with Gasteiger partial charge >= 0.3 is 0 Å². The van der Waals surface area contributed by atoms with Gasteiger partial charge in [-0.15, -0.1) is 0 Å². The summed E-state index contributed by atoms with van der Waals surface area (Å²) in [5, 5.41) is 3.69. The molecule has 0 spiro atoms. The van der Waals surface area contributed by atoms with E-state index in [2.05, 4.69) is 5.32 Å². The minimum atomic E-state index is -0.516. The lowest BCUT2D eigenvalue weighted by molar-refractivity contribution is -0.136. The van der Waals surface area contributed by atoms with E-state index in [1.54, 1.807) is 23.1 Å². The van der Waals surface area contributed by atoms with Crippen LogP contribution in [0, 0.1) is 0 Å². The lowest BCUT2D eigenvalue weighted by Gasteiger charge is -2.24. The molecule has 1 fully saturated rings. The fourth-order valence-corrected chi connectivity index (χ4v) is 4.19. The van der Waals surface area contributed by atoms with Gasteiger partial charge < -0.3 is 19.7 Å². The molecule has 0 aliphatic carbocycles. The Kier molecular flexibility index (Phi) is 5.83. The van der Waals surface area contributed by atoms with E-state index in [-0.39, 0.29) is 18.2 Å². The van der Waals surface area contributed by atoms with Crippen molar-refractivity contribution in [2.24, 2.45) is 0 Å². The van der Waals surface area contributed by atoms with E-state index in [1.165, 1.54) is 0 Å². The van der Waals surface area contributed by atoms with E-state index < -0.39 is 6.04 Å². The van der Waals surface area contributed by atoms with Gasteiger partial charge in [-0.25, -0.2) is 0 Å². The van der Waals surface area contributed by atoms with E-state index in [1.807, 2.05) is 18.2 Å². The number of rotatable bonds is 4. The Morgan fingerprint density at radius 3 is 2.52 bits per heavy atom. The molecule has 0 saturated carbocycles. The monoisotopic (exact) mass is 434 g/mol. The second kappa shape index (κ2) is 8.51. The third-order valence-electron chi connectivity index (χ3n) is 4.97. The maximum Gasteiger partial charge on any atom is 0.247 e. The molecular weight excluding hydrogens is 415 g/mol. The van der Waals surface area contributed by atoms with Crippen LogP contribution in [0.5, 0.6) is 11.5 Å². The number of carbonyl (C=O) groups excluding carboxylic acids is 2. The van der Waals surface area contributed by atoms with Crippen LogP contribution in [0.25, 0.3) is 0 Å². The van der Waals surface area contributed by atoms with Gasteiger partial charge in [0, 0.05) is 22.3 Å². The highest BCUT2D eigenvalue weighted by Gasteiger charge is 2.34. The molecule has 2 aliphatic rings. The van der Waals surface area contributed by atoms with Crippen LogP contribution < -0.4 is 14.8 Å². The fourth-order valence-electron chi connectivity index (χ4n) is 3.66. The third-order valence-corrected chi connectivity index (χ3v) is 5.40. The molecule has 1 N–H and O–H groups in total. The van der Waals surface area contributed by atoms with E-state index in [4.69, 9.17) is 32.7 Å². The lowest BCUT2D eigenvalue weighted by atomic mass is 10.1. The average Bonchev–Trinajstić information content (AvgIpc) is 3.17. The van der Waals surface area contributed by atoms with Crippen LogP contribution in [0.2, 0.25) is 10.0 Å². The maximum atomic E-state index is 12.9. The number of anilines is 1. The summed E-state index contributed by atoms with van der Waals surface area (Å²) in [5.41, 5.74) is 1.34. The van der Waals surface area contributed by atoms with Crippen LogP contribution in [0.4, 0.5) is 5.69 Å². The van der Waals surface area contributed by atoms with Gasteiger partial charge in [-0.2, -0.15) is 0 Å². The number of nitrogens with one attached hydrogen (secondary N) is 1. The zero-order valence-corrected chi connectivity index (χ0v) is 17.1. The molecule has 2 amide bonds. The number of amides is 2. The summed E-state index contributed by atoms with van der Waals surface area (Å²) < 4.78 is 11.1. The number of nitrogens with zero attached hydrogens (tertiary/aromatic N) is 1. The molecule has 152 valence electrons. The Bertz CT molecular complexity index is 930. The first-order valence-corrected chi connectivity index (χ1v) is 10.2. The van der Waals surface area contributed by atoms with Crippen molar-refractivity contribution in [3.8, 4) is 11.5 Å². The number of benzene rings is 2. The molecule has 8 heteroatoms. The topological polar surface area (TPSA) is 67.9 Å². The highest BCUT2D eigenvalue weighted by atomic mass is 35.5. The Morgan fingerprint density at radius 2 is 1.76 bits per heavy atom. The molecule has 0 aromatic heterocycles. The summed E-state index contributed by atoms with van der Waals surface area (Å²) in [6.07, 6.45) is 1.59. The van der Waals surface area contributed by atoms with E-state index >= 15 is 0 Å². The minimum absolute atomic E-state index is 0.0940. The van der Waals surface area contributed by atoms with Crippen LogP contribution >= 0.6 is 23.2 Å². The van der Waals surface area contributed by atoms with Crippen molar-refractivity contribution in [1.29, 1.82) is 0 Å². The van der Waals surface area contributed by atoms with E-state index in [0.717, 1.165) is 12.0 Å². The first-order valence-electron chi connectivity index (χ1n) is 9.44. The van der Waals surface area contributed by atoms with Crippen LogP contribution in [0.3, 0.4) is 0 Å². The first-order chi connectivity index (χ1) is 14.0. The summed E-state index contributed by atoms with van der Waals surface area (Å²) in [6.45, 7) is 1.57. The second-order valence-electron chi connectivity index (χ2n) is 7.05. The average molecular weight is 435 g/mol. The predicted molar refractivity (Wildman–Crippen MR) is 111 cm³/mol. The third kappa shape index (κ3) is 4.60. The van der Waals surface area contributed by atoms with Gasteiger partial charge in [0.1, 0.15) is 19.3 Å². The zero-order valence-electron chi connectivity index (χ0n) is 15.6. The van der Waals surface area contributed by atoms with Crippen molar-refractivity contribution in [3.05, 3.63) is 52.0 Å². The zero-order chi connectivity index (χ0) is 20.4. The van der Waals surface area contributed by atoms with Gasteiger partial charge in [-0.1, -0.05) is 29.3 Å². The van der Waals surface area contributed by atoms with Gasteiger partial charge in [0.15, 0.2) is 11.5 Å². The number of likely N-dealkylation sites (tertiary alicyclic amines) is 1. The Hall–Kier alpha value is -2.44. The number of hydrogen-bond acceptors (Lipinski definition) is 4. The van der Waals surface area contributed by atoms with Crippen molar-refractivity contribution in [3.63, 3.8) is 0 Å². The van der Waals surface area contributed by atoms with Crippen LogP contribution in [0.1, 0.15) is 18.4 Å². The molecule has 6 nitrogen and oxygen atoms in total. The first kappa shape index (κ1) is 19.9. The van der Waals surface area contributed by atoms with Gasteiger partial charge in [0.05, 0.1) is 6.42 Å². The Labute approximate surface area is 178 Å². The number of halogens is 2. The summed E-state index contributed by atoms with van der Waals surface area (Å²) in [6, 6.07) is 9.82. The van der Waals surface area contributed by atoms with Gasteiger partial charge in [-0.05, 0) is 48.7 Å². The summed E-state index contributed by atoms with van der Waals surface area (Å²) in [5.74, 6) is 1.00. The predicted octanol–water partition coefficient (Wildman–Crippen LogP) is 3.94.